The van der Waals surface area contributed by atoms with Crippen LogP contribution in [-0.2, 0) is 6.54 Å². The van der Waals surface area contributed by atoms with Crippen LogP contribution in [0.3, 0.4) is 0 Å². The molecule has 1 N–H and O–H groups in total. The molecule has 2 aromatic rings. The van der Waals surface area contributed by atoms with E-state index < -0.39 is 0 Å². The lowest BCUT2D eigenvalue weighted by Gasteiger charge is -2.17. The number of hydrogen-bond acceptors (Lipinski definition) is 4. The van der Waals surface area contributed by atoms with Crippen molar-refractivity contribution in [3.63, 3.8) is 0 Å². The quantitative estimate of drug-likeness (QED) is 0.921. The van der Waals surface area contributed by atoms with E-state index in [1.54, 1.807) is 0 Å². The number of benzene rings is 1. The molecule has 1 aromatic carbocycles. The Bertz CT molecular complexity index is 639. The van der Waals surface area contributed by atoms with Crippen molar-refractivity contribution >= 4 is 5.69 Å². The summed E-state index contributed by atoms with van der Waals surface area (Å²) in [7, 11) is 0. The molecule has 1 aliphatic carbocycles. The van der Waals surface area contributed by atoms with Crippen LogP contribution in [0.4, 0.5) is 5.69 Å². The topological polar surface area (TPSA) is 54.2 Å². The molecule has 1 aromatic heterocycles. The van der Waals surface area contributed by atoms with Gasteiger partial charge in [-0.15, -0.1) is 0 Å². The highest BCUT2D eigenvalue weighted by Gasteiger charge is 2.29. The van der Waals surface area contributed by atoms with E-state index in [4.69, 9.17) is 4.98 Å². The molecule has 22 heavy (non-hydrogen) atoms. The molecule has 5 nitrogen and oxygen atoms in total. The van der Waals surface area contributed by atoms with Crippen LogP contribution >= 0.6 is 0 Å². The van der Waals surface area contributed by atoms with Gasteiger partial charge in [0.1, 0.15) is 0 Å². The molecular formula is C17H22N4O. The number of aliphatic hydroxyl groups excluding tert-OH is 1. The first-order valence-electron chi connectivity index (χ1n) is 8.26. The summed E-state index contributed by atoms with van der Waals surface area (Å²) in [4.78, 5) is 7.14. The van der Waals surface area contributed by atoms with Gasteiger partial charge in [0.05, 0.1) is 13.2 Å². The van der Waals surface area contributed by atoms with Gasteiger partial charge in [-0.25, -0.2) is 9.67 Å². The molecule has 0 atom stereocenters. The highest BCUT2D eigenvalue weighted by molar-refractivity contribution is 5.61. The Hall–Kier alpha value is -1.88. The van der Waals surface area contributed by atoms with Crippen LogP contribution in [-0.4, -0.2) is 39.6 Å². The van der Waals surface area contributed by atoms with E-state index in [1.165, 1.54) is 31.4 Å². The summed E-state index contributed by atoms with van der Waals surface area (Å²) >= 11 is 0. The van der Waals surface area contributed by atoms with E-state index in [9.17, 15) is 5.11 Å². The molecule has 0 spiro atoms. The second kappa shape index (κ2) is 5.72. The first-order valence-corrected chi connectivity index (χ1v) is 8.26. The highest BCUT2D eigenvalue weighted by Crippen LogP contribution is 2.39. The molecule has 0 bridgehead atoms. The highest BCUT2D eigenvalue weighted by atomic mass is 16.3. The zero-order chi connectivity index (χ0) is 14.9. The van der Waals surface area contributed by atoms with Gasteiger partial charge in [0, 0.05) is 30.3 Å². The van der Waals surface area contributed by atoms with Gasteiger partial charge in [-0.1, -0.05) is 0 Å². The van der Waals surface area contributed by atoms with Crippen LogP contribution in [0.5, 0.6) is 0 Å². The van der Waals surface area contributed by atoms with E-state index >= 15 is 0 Å². The fourth-order valence-electron chi connectivity index (χ4n) is 3.13. The van der Waals surface area contributed by atoms with Crippen molar-refractivity contribution in [3.05, 3.63) is 30.1 Å². The first kappa shape index (κ1) is 13.8. The van der Waals surface area contributed by atoms with E-state index in [1.807, 2.05) is 4.68 Å². The number of nitrogens with zero attached hydrogens (tertiary/aromatic N) is 4. The Morgan fingerprint density at radius 3 is 2.45 bits per heavy atom. The van der Waals surface area contributed by atoms with Crippen LogP contribution in [0.2, 0.25) is 0 Å². The molecule has 0 radical (unpaired) electrons. The van der Waals surface area contributed by atoms with Crippen molar-refractivity contribution in [3.8, 4) is 11.4 Å². The van der Waals surface area contributed by atoms with E-state index in [0.29, 0.717) is 12.5 Å². The predicted octanol–water partition coefficient (Wildman–Crippen LogP) is 2.42. The molecule has 2 fully saturated rings. The van der Waals surface area contributed by atoms with E-state index in [-0.39, 0.29) is 6.61 Å². The summed E-state index contributed by atoms with van der Waals surface area (Å²) in [5.41, 5.74) is 2.37. The Labute approximate surface area is 130 Å². The van der Waals surface area contributed by atoms with Crippen molar-refractivity contribution < 1.29 is 5.11 Å². The number of hydrogen-bond donors (Lipinski definition) is 1. The predicted molar refractivity (Wildman–Crippen MR) is 86.0 cm³/mol. The third-order valence-corrected chi connectivity index (χ3v) is 4.54. The van der Waals surface area contributed by atoms with Crippen molar-refractivity contribution in [2.45, 2.75) is 38.1 Å². The van der Waals surface area contributed by atoms with Crippen LogP contribution in [0.15, 0.2) is 24.3 Å². The number of aliphatic hydroxyl groups is 1. The van der Waals surface area contributed by atoms with Crippen LogP contribution in [0, 0.1) is 0 Å². The fourth-order valence-corrected chi connectivity index (χ4v) is 3.13. The van der Waals surface area contributed by atoms with Crippen LogP contribution in [0.25, 0.3) is 11.4 Å². The Morgan fingerprint density at radius 2 is 1.82 bits per heavy atom. The van der Waals surface area contributed by atoms with E-state index in [0.717, 1.165) is 30.3 Å². The van der Waals surface area contributed by atoms with Crippen molar-refractivity contribution in [2.75, 3.05) is 24.6 Å². The molecule has 0 unspecified atom stereocenters. The summed E-state index contributed by atoms with van der Waals surface area (Å²) in [5.74, 6) is 2.35. The largest absolute Gasteiger partial charge is 0.394 e. The lowest BCUT2D eigenvalue weighted by molar-refractivity contribution is 0.270. The molecule has 2 aliphatic rings. The van der Waals surface area contributed by atoms with Gasteiger partial charge in [0.15, 0.2) is 11.6 Å². The third-order valence-electron chi connectivity index (χ3n) is 4.54. The summed E-state index contributed by atoms with van der Waals surface area (Å²) < 4.78 is 1.85. The average molecular weight is 298 g/mol. The summed E-state index contributed by atoms with van der Waals surface area (Å²) in [6.07, 6.45) is 4.96. The minimum Gasteiger partial charge on any atom is -0.394 e. The minimum absolute atomic E-state index is 0.0896. The molecule has 0 amide bonds. The Kier molecular flexibility index (Phi) is 3.58. The lowest BCUT2D eigenvalue weighted by atomic mass is 10.2. The average Bonchev–Trinajstić information content (AvgIpc) is 3.09. The normalized spacial score (nSPS) is 18.1. The van der Waals surface area contributed by atoms with Crippen molar-refractivity contribution in [2.24, 2.45) is 0 Å². The summed E-state index contributed by atoms with van der Waals surface area (Å²) in [6.45, 7) is 2.91. The molecule has 116 valence electrons. The van der Waals surface area contributed by atoms with Gasteiger partial charge in [-0.05, 0) is 49.9 Å². The van der Waals surface area contributed by atoms with Gasteiger partial charge >= 0.3 is 0 Å². The smallest absolute Gasteiger partial charge is 0.158 e. The molecular weight excluding hydrogens is 276 g/mol. The maximum atomic E-state index is 9.25. The number of rotatable bonds is 5. The third kappa shape index (κ3) is 2.61. The SMILES string of the molecule is OCCn1nc(C2CC2)nc1-c1ccc(N2CCCC2)cc1. The summed E-state index contributed by atoms with van der Waals surface area (Å²) in [6, 6.07) is 8.61. The second-order valence-electron chi connectivity index (χ2n) is 6.26. The van der Waals surface area contributed by atoms with Crippen LogP contribution in [0.1, 0.15) is 37.4 Å². The van der Waals surface area contributed by atoms with Crippen LogP contribution < -0.4 is 4.90 Å². The monoisotopic (exact) mass is 298 g/mol. The molecule has 1 saturated heterocycles. The summed E-state index contributed by atoms with van der Waals surface area (Å²) in [5, 5.41) is 13.8. The van der Waals surface area contributed by atoms with Gasteiger partial charge < -0.3 is 10.0 Å². The van der Waals surface area contributed by atoms with Gasteiger partial charge in [0.25, 0.3) is 0 Å². The first-order chi connectivity index (χ1) is 10.8. The number of aromatic nitrogens is 3. The molecule has 5 heteroatoms. The molecule has 2 heterocycles. The maximum Gasteiger partial charge on any atom is 0.158 e. The van der Waals surface area contributed by atoms with Gasteiger partial charge in [-0.2, -0.15) is 5.10 Å². The standard InChI is InChI=1S/C17H22N4O/c22-12-11-21-17(18-16(19-21)13-3-4-13)14-5-7-15(8-6-14)20-9-1-2-10-20/h5-8,13,22H,1-4,9-12H2. The van der Waals surface area contributed by atoms with Gasteiger partial charge in [0.2, 0.25) is 0 Å². The number of anilines is 1. The lowest BCUT2D eigenvalue weighted by Crippen LogP contribution is -2.17. The zero-order valence-electron chi connectivity index (χ0n) is 12.8. The minimum atomic E-state index is 0.0896. The fraction of sp³-hybridized carbons (Fsp3) is 0.529. The van der Waals surface area contributed by atoms with Crippen molar-refractivity contribution in [1.29, 1.82) is 0 Å². The molecule has 1 saturated carbocycles. The maximum absolute atomic E-state index is 9.25. The van der Waals surface area contributed by atoms with Gasteiger partial charge in [-0.3, -0.25) is 0 Å². The Balaban J connectivity index is 1.62. The molecule has 1 aliphatic heterocycles. The van der Waals surface area contributed by atoms with E-state index in [2.05, 4.69) is 34.3 Å². The second-order valence-corrected chi connectivity index (χ2v) is 6.26. The molecule has 4 rings (SSSR count). The zero-order valence-corrected chi connectivity index (χ0v) is 12.8. The van der Waals surface area contributed by atoms with Crippen molar-refractivity contribution in [1.82, 2.24) is 14.8 Å². The Morgan fingerprint density at radius 1 is 1.09 bits per heavy atom.